The van der Waals surface area contributed by atoms with Gasteiger partial charge in [-0.3, -0.25) is 4.79 Å². The largest absolute Gasteiger partial charge is 0.336 e. The van der Waals surface area contributed by atoms with Crippen LogP contribution in [0.15, 0.2) is 18.6 Å². The number of carbonyl (C=O) groups is 1. The second-order valence-corrected chi connectivity index (χ2v) is 4.35. The van der Waals surface area contributed by atoms with Crippen molar-refractivity contribution in [2.45, 2.75) is 13.0 Å². The molecule has 1 saturated heterocycles. The molecule has 0 aromatic carbocycles. The van der Waals surface area contributed by atoms with Gasteiger partial charge in [0.1, 0.15) is 6.33 Å². The minimum absolute atomic E-state index is 0.220. The Labute approximate surface area is 96.8 Å². The van der Waals surface area contributed by atoms with E-state index in [-0.39, 0.29) is 5.91 Å². The maximum absolute atomic E-state index is 11.6. The second kappa shape index (κ2) is 4.70. The van der Waals surface area contributed by atoms with Crippen LogP contribution in [0, 0.1) is 5.92 Å². The minimum atomic E-state index is 0.220. The van der Waals surface area contributed by atoms with E-state index in [2.05, 4.69) is 25.9 Å². The van der Waals surface area contributed by atoms with E-state index < -0.39 is 0 Å². The molecule has 0 bridgehead atoms. The summed E-state index contributed by atoms with van der Waals surface area (Å²) in [6.07, 6.45) is 3.86. The molecule has 1 aliphatic rings. The van der Waals surface area contributed by atoms with Gasteiger partial charge in [0.05, 0.1) is 12.2 Å². The average molecular weight is 270 g/mol. The third kappa shape index (κ3) is 2.53. The third-order valence-corrected chi connectivity index (χ3v) is 3.42. The molecule has 80 valence electrons. The molecular weight excluding hydrogens is 258 g/mol. The minimum Gasteiger partial charge on any atom is -0.336 e. The second-order valence-electron chi connectivity index (χ2n) is 3.70. The molecule has 0 saturated carbocycles. The summed E-state index contributed by atoms with van der Waals surface area (Å²) < 4.78 is 0. The van der Waals surface area contributed by atoms with Crippen LogP contribution in [0.3, 0.4) is 0 Å². The van der Waals surface area contributed by atoms with Gasteiger partial charge in [0.2, 0.25) is 5.91 Å². The zero-order chi connectivity index (χ0) is 10.7. The van der Waals surface area contributed by atoms with Crippen LogP contribution in [0.5, 0.6) is 0 Å². The number of alkyl halides is 1. The zero-order valence-electron chi connectivity index (χ0n) is 8.27. The van der Waals surface area contributed by atoms with Crippen molar-refractivity contribution < 1.29 is 4.79 Å². The number of halogens is 1. The highest BCUT2D eigenvalue weighted by Crippen LogP contribution is 2.20. The van der Waals surface area contributed by atoms with Crippen LogP contribution in [0.2, 0.25) is 0 Å². The lowest BCUT2D eigenvalue weighted by molar-refractivity contribution is -0.128. The standard InChI is InChI=1S/C10H12BrN3O/c11-4-8-3-10(15)14(5-8)6-9-1-2-12-7-13-9/h1-2,7-8H,3-6H2. The molecule has 4 nitrogen and oxygen atoms in total. The summed E-state index contributed by atoms with van der Waals surface area (Å²) in [6.45, 7) is 1.43. The van der Waals surface area contributed by atoms with Crippen molar-refractivity contribution in [1.29, 1.82) is 0 Å². The van der Waals surface area contributed by atoms with Crippen molar-refractivity contribution in [3.8, 4) is 0 Å². The topological polar surface area (TPSA) is 46.1 Å². The predicted molar refractivity (Wildman–Crippen MR) is 59.4 cm³/mol. The van der Waals surface area contributed by atoms with Gasteiger partial charge < -0.3 is 4.90 Å². The number of aromatic nitrogens is 2. The van der Waals surface area contributed by atoms with Crippen LogP contribution in [0.1, 0.15) is 12.1 Å². The summed E-state index contributed by atoms with van der Waals surface area (Å²) >= 11 is 3.41. The molecule has 1 aromatic rings. The van der Waals surface area contributed by atoms with E-state index >= 15 is 0 Å². The van der Waals surface area contributed by atoms with E-state index in [1.807, 2.05) is 11.0 Å². The van der Waals surface area contributed by atoms with E-state index in [0.29, 0.717) is 18.9 Å². The van der Waals surface area contributed by atoms with Gasteiger partial charge >= 0.3 is 0 Å². The number of likely N-dealkylation sites (tertiary alicyclic amines) is 1. The summed E-state index contributed by atoms with van der Waals surface area (Å²) in [5, 5.41) is 0.888. The van der Waals surface area contributed by atoms with Gasteiger partial charge in [-0.05, 0) is 12.0 Å². The molecule has 2 rings (SSSR count). The first kappa shape index (κ1) is 10.5. The summed E-state index contributed by atoms with van der Waals surface area (Å²) in [4.78, 5) is 21.4. The molecule has 1 aromatic heterocycles. The van der Waals surface area contributed by atoms with Crippen molar-refractivity contribution in [3.05, 3.63) is 24.3 Å². The Hall–Kier alpha value is -0.970. The predicted octanol–water partition coefficient (Wildman–Crippen LogP) is 1.22. The van der Waals surface area contributed by atoms with E-state index in [4.69, 9.17) is 0 Å². The Bertz CT molecular complexity index is 344. The van der Waals surface area contributed by atoms with Crippen molar-refractivity contribution in [3.63, 3.8) is 0 Å². The molecule has 1 fully saturated rings. The van der Waals surface area contributed by atoms with Crippen molar-refractivity contribution in [2.75, 3.05) is 11.9 Å². The van der Waals surface area contributed by atoms with Crippen LogP contribution in [-0.2, 0) is 11.3 Å². The summed E-state index contributed by atoms with van der Waals surface area (Å²) in [7, 11) is 0. The zero-order valence-corrected chi connectivity index (χ0v) is 9.85. The van der Waals surface area contributed by atoms with Crippen LogP contribution >= 0.6 is 15.9 Å². The van der Waals surface area contributed by atoms with Gasteiger partial charge in [0, 0.05) is 24.5 Å². The Kier molecular flexibility index (Phi) is 3.30. The van der Waals surface area contributed by atoms with Gasteiger partial charge in [0.25, 0.3) is 0 Å². The van der Waals surface area contributed by atoms with Gasteiger partial charge in [-0.2, -0.15) is 0 Å². The molecule has 1 amide bonds. The van der Waals surface area contributed by atoms with Gasteiger partial charge in [-0.15, -0.1) is 0 Å². The smallest absolute Gasteiger partial charge is 0.223 e. The van der Waals surface area contributed by atoms with Crippen LogP contribution < -0.4 is 0 Å². The summed E-state index contributed by atoms with van der Waals surface area (Å²) in [5.41, 5.74) is 0.897. The normalized spacial score (nSPS) is 21.0. The SMILES string of the molecule is O=C1CC(CBr)CN1Cc1ccncn1. The summed E-state index contributed by atoms with van der Waals surface area (Å²) in [6, 6.07) is 1.84. The molecule has 15 heavy (non-hydrogen) atoms. The van der Waals surface area contributed by atoms with Crippen molar-refractivity contribution >= 4 is 21.8 Å². The average Bonchev–Trinajstić information content (AvgIpc) is 2.61. The molecule has 5 heteroatoms. The van der Waals surface area contributed by atoms with Gasteiger partial charge in [0.15, 0.2) is 0 Å². The van der Waals surface area contributed by atoms with Gasteiger partial charge in [-0.25, -0.2) is 9.97 Å². The quantitative estimate of drug-likeness (QED) is 0.776. The number of nitrogens with zero attached hydrogens (tertiary/aromatic N) is 3. The number of hydrogen-bond donors (Lipinski definition) is 0. The molecule has 0 spiro atoms. The number of rotatable bonds is 3. The number of hydrogen-bond acceptors (Lipinski definition) is 3. The fourth-order valence-corrected chi connectivity index (χ4v) is 2.15. The Morgan fingerprint density at radius 3 is 3.07 bits per heavy atom. The van der Waals surface area contributed by atoms with E-state index in [0.717, 1.165) is 17.6 Å². The lowest BCUT2D eigenvalue weighted by Gasteiger charge is -2.15. The van der Waals surface area contributed by atoms with E-state index in [9.17, 15) is 4.79 Å². The third-order valence-electron chi connectivity index (χ3n) is 2.51. The molecular formula is C10H12BrN3O. The molecule has 1 unspecified atom stereocenters. The Balaban J connectivity index is 1.99. The highest BCUT2D eigenvalue weighted by molar-refractivity contribution is 9.09. The number of amides is 1. The van der Waals surface area contributed by atoms with Crippen LogP contribution in [-0.4, -0.2) is 32.6 Å². The first-order valence-electron chi connectivity index (χ1n) is 4.88. The molecule has 2 heterocycles. The fourth-order valence-electron chi connectivity index (χ4n) is 1.72. The molecule has 0 aliphatic carbocycles. The highest BCUT2D eigenvalue weighted by Gasteiger charge is 2.28. The summed E-state index contributed by atoms with van der Waals surface area (Å²) in [5.74, 6) is 0.664. The van der Waals surface area contributed by atoms with Gasteiger partial charge in [-0.1, -0.05) is 15.9 Å². The van der Waals surface area contributed by atoms with E-state index in [1.54, 1.807) is 6.20 Å². The maximum atomic E-state index is 11.6. The van der Waals surface area contributed by atoms with E-state index in [1.165, 1.54) is 6.33 Å². The van der Waals surface area contributed by atoms with Crippen LogP contribution in [0.25, 0.3) is 0 Å². The van der Waals surface area contributed by atoms with Crippen molar-refractivity contribution in [1.82, 2.24) is 14.9 Å². The molecule has 0 N–H and O–H groups in total. The lowest BCUT2D eigenvalue weighted by atomic mass is 10.2. The maximum Gasteiger partial charge on any atom is 0.223 e. The molecule has 0 radical (unpaired) electrons. The Morgan fingerprint density at radius 2 is 2.47 bits per heavy atom. The van der Waals surface area contributed by atoms with Crippen LogP contribution in [0.4, 0.5) is 0 Å². The van der Waals surface area contributed by atoms with Crippen molar-refractivity contribution in [2.24, 2.45) is 5.92 Å². The molecule has 1 atom stereocenters. The monoisotopic (exact) mass is 269 g/mol. The first-order chi connectivity index (χ1) is 7.29. The first-order valence-corrected chi connectivity index (χ1v) is 6.00. The highest BCUT2D eigenvalue weighted by atomic mass is 79.9. The Morgan fingerprint density at radius 1 is 1.60 bits per heavy atom. The number of carbonyl (C=O) groups excluding carboxylic acids is 1. The molecule has 1 aliphatic heterocycles. The lowest BCUT2D eigenvalue weighted by Crippen LogP contribution is -2.25. The fraction of sp³-hybridized carbons (Fsp3) is 0.500.